The molecular weight excluding hydrogens is 300 g/mol. The Morgan fingerprint density at radius 1 is 1.35 bits per heavy atom. The van der Waals surface area contributed by atoms with Gasteiger partial charge in [0, 0.05) is 17.0 Å². The summed E-state index contributed by atoms with van der Waals surface area (Å²) in [7, 11) is 0. The molecule has 1 aromatic heterocycles. The number of benzene rings is 1. The molecule has 104 valence electrons. The summed E-state index contributed by atoms with van der Waals surface area (Å²) >= 11 is 7.13. The van der Waals surface area contributed by atoms with Gasteiger partial charge in [0.15, 0.2) is 0 Å². The molecule has 0 aliphatic rings. The maximum atomic E-state index is 11.9. The molecule has 0 aliphatic carbocycles. The Kier molecular flexibility index (Phi) is 4.70. The number of nitrogens with zero attached hydrogens (tertiary/aromatic N) is 2. The quantitative estimate of drug-likeness (QED) is 0.483. The Labute approximate surface area is 124 Å². The van der Waals surface area contributed by atoms with E-state index in [1.165, 1.54) is 28.4 Å². The predicted molar refractivity (Wildman–Crippen MR) is 79.3 cm³/mol. The first-order valence-corrected chi connectivity index (χ1v) is 7.16. The first kappa shape index (κ1) is 14.5. The van der Waals surface area contributed by atoms with Crippen LogP contribution in [0.15, 0.2) is 41.8 Å². The van der Waals surface area contributed by atoms with Crippen molar-refractivity contribution < 1.29 is 9.72 Å². The van der Waals surface area contributed by atoms with E-state index in [2.05, 4.69) is 0 Å². The zero-order valence-electron chi connectivity index (χ0n) is 10.4. The largest absolute Gasteiger partial charge is 0.306 e. The number of thiophene rings is 1. The van der Waals surface area contributed by atoms with Crippen LogP contribution in [0, 0.1) is 10.1 Å². The third kappa shape index (κ3) is 3.34. The summed E-state index contributed by atoms with van der Waals surface area (Å²) in [6, 6.07) is 9.75. The molecule has 20 heavy (non-hydrogen) atoms. The number of carbonyl (C=O) groups excluding carboxylic acids is 1. The highest BCUT2D eigenvalue weighted by molar-refractivity contribution is 7.09. The van der Waals surface area contributed by atoms with Crippen molar-refractivity contribution in [1.82, 2.24) is 0 Å². The van der Waals surface area contributed by atoms with Crippen molar-refractivity contribution in [3.63, 3.8) is 0 Å². The lowest BCUT2D eigenvalue weighted by molar-refractivity contribution is -0.384. The summed E-state index contributed by atoms with van der Waals surface area (Å²) in [5.74, 6) is -0.464. The molecule has 0 atom stereocenters. The molecule has 2 rings (SSSR count). The number of amides is 1. The molecule has 1 heterocycles. The van der Waals surface area contributed by atoms with Crippen molar-refractivity contribution in [3.05, 3.63) is 56.8 Å². The summed E-state index contributed by atoms with van der Waals surface area (Å²) in [4.78, 5) is 24.7. The minimum Gasteiger partial charge on any atom is -0.306 e. The van der Waals surface area contributed by atoms with Crippen molar-refractivity contribution in [2.45, 2.75) is 6.54 Å². The topological polar surface area (TPSA) is 63.5 Å². The van der Waals surface area contributed by atoms with Crippen molar-refractivity contribution in [2.24, 2.45) is 0 Å². The smallest absolute Gasteiger partial charge is 0.271 e. The van der Waals surface area contributed by atoms with Crippen molar-refractivity contribution >= 4 is 40.2 Å². The van der Waals surface area contributed by atoms with Gasteiger partial charge in [0.25, 0.3) is 5.69 Å². The third-order valence-electron chi connectivity index (χ3n) is 2.66. The van der Waals surface area contributed by atoms with Crippen LogP contribution in [0.3, 0.4) is 0 Å². The van der Waals surface area contributed by atoms with E-state index < -0.39 is 4.92 Å². The minimum atomic E-state index is -0.488. The van der Waals surface area contributed by atoms with Crippen molar-refractivity contribution in [3.8, 4) is 0 Å². The Morgan fingerprint density at radius 2 is 2.15 bits per heavy atom. The summed E-state index contributed by atoms with van der Waals surface area (Å²) in [6.45, 7) is 0.352. The maximum absolute atomic E-state index is 11.9. The second-order valence-corrected chi connectivity index (χ2v) is 5.27. The maximum Gasteiger partial charge on any atom is 0.271 e. The van der Waals surface area contributed by atoms with Gasteiger partial charge in [0.2, 0.25) is 5.91 Å². The van der Waals surface area contributed by atoms with Crippen LogP contribution in [0.1, 0.15) is 4.88 Å². The molecule has 0 radical (unpaired) electrons. The number of anilines is 1. The van der Waals surface area contributed by atoms with Crippen LogP contribution >= 0.6 is 22.9 Å². The van der Waals surface area contributed by atoms with Gasteiger partial charge in [-0.05, 0) is 17.5 Å². The monoisotopic (exact) mass is 310 g/mol. The standard InChI is InChI=1S/C13H11ClN2O3S/c14-8-13(17)15(9-12-5-2-6-20-12)10-3-1-4-11(7-10)16(18)19/h1-7H,8-9H2. The molecule has 0 unspecified atom stereocenters. The normalized spacial score (nSPS) is 10.2. The van der Waals surface area contributed by atoms with Gasteiger partial charge in [-0.1, -0.05) is 12.1 Å². The van der Waals surface area contributed by atoms with Gasteiger partial charge < -0.3 is 4.90 Å². The van der Waals surface area contributed by atoms with Crippen LogP contribution in [0.4, 0.5) is 11.4 Å². The molecule has 0 bridgehead atoms. The molecule has 0 saturated heterocycles. The fourth-order valence-electron chi connectivity index (χ4n) is 1.73. The second-order valence-electron chi connectivity index (χ2n) is 3.97. The molecular formula is C13H11ClN2O3S. The van der Waals surface area contributed by atoms with E-state index >= 15 is 0 Å². The summed E-state index contributed by atoms with van der Waals surface area (Å²) in [6.07, 6.45) is 0. The van der Waals surface area contributed by atoms with Gasteiger partial charge in [0.1, 0.15) is 5.88 Å². The first-order valence-electron chi connectivity index (χ1n) is 5.75. The van der Waals surface area contributed by atoms with E-state index in [1.807, 2.05) is 17.5 Å². The molecule has 2 aromatic rings. The van der Waals surface area contributed by atoms with E-state index in [0.717, 1.165) is 4.88 Å². The minimum absolute atomic E-state index is 0.0546. The average Bonchev–Trinajstić information content (AvgIpc) is 2.97. The van der Waals surface area contributed by atoms with Crippen LogP contribution in [0.25, 0.3) is 0 Å². The lowest BCUT2D eigenvalue weighted by Crippen LogP contribution is -2.31. The zero-order chi connectivity index (χ0) is 14.5. The SMILES string of the molecule is O=C(CCl)N(Cc1cccs1)c1cccc([N+](=O)[O-])c1. The van der Waals surface area contributed by atoms with Gasteiger partial charge in [-0.15, -0.1) is 22.9 Å². The Hall–Kier alpha value is -1.92. The van der Waals surface area contributed by atoms with E-state index in [9.17, 15) is 14.9 Å². The fourth-order valence-corrected chi connectivity index (χ4v) is 2.57. The van der Waals surface area contributed by atoms with Crippen molar-refractivity contribution in [2.75, 3.05) is 10.8 Å². The van der Waals surface area contributed by atoms with Crippen LogP contribution in [0.2, 0.25) is 0 Å². The number of carbonyl (C=O) groups is 1. The number of nitro groups is 1. The highest BCUT2D eigenvalue weighted by Gasteiger charge is 2.18. The van der Waals surface area contributed by atoms with E-state index in [0.29, 0.717) is 12.2 Å². The molecule has 7 heteroatoms. The molecule has 1 amide bonds. The van der Waals surface area contributed by atoms with Crippen LogP contribution in [0.5, 0.6) is 0 Å². The van der Waals surface area contributed by atoms with E-state index in [4.69, 9.17) is 11.6 Å². The lowest BCUT2D eigenvalue weighted by Gasteiger charge is -2.21. The third-order valence-corrected chi connectivity index (χ3v) is 3.75. The van der Waals surface area contributed by atoms with Crippen molar-refractivity contribution in [1.29, 1.82) is 0 Å². The molecule has 5 nitrogen and oxygen atoms in total. The fraction of sp³-hybridized carbons (Fsp3) is 0.154. The highest BCUT2D eigenvalue weighted by Crippen LogP contribution is 2.24. The molecule has 0 spiro atoms. The highest BCUT2D eigenvalue weighted by atomic mass is 35.5. The molecule has 1 aromatic carbocycles. The lowest BCUT2D eigenvalue weighted by atomic mass is 10.2. The van der Waals surface area contributed by atoms with E-state index in [1.54, 1.807) is 12.1 Å². The molecule has 0 N–H and O–H groups in total. The van der Waals surface area contributed by atoms with Crippen LogP contribution in [-0.4, -0.2) is 16.7 Å². The number of halogens is 1. The predicted octanol–water partition coefficient (Wildman–Crippen LogP) is 3.43. The molecule has 0 fully saturated rings. The van der Waals surface area contributed by atoms with Gasteiger partial charge >= 0.3 is 0 Å². The number of nitro benzene ring substituents is 1. The van der Waals surface area contributed by atoms with Gasteiger partial charge in [-0.25, -0.2) is 0 Å². The Morgan fingerprint density at radius 3 is 2.75 bits per heavy atom. The summed E-state index contributed by atoms with van der Waals surface area (Å²) in [5, 5.41) is 12.7. The first-order chi connectivity index (χ1) is 9.61. The number of hydrogen-bond acceptors (Lipinski definition) is 4. The average molecular weight is 311 g/mol. The zero-order valence-corrected chi connectivity index (χ0v) is 11.9. The second kappa shape index (κ2) is 6.49. The molecule has 0 aliphatic heterocycles. The van der Waals surface area contributed by atoms with Crippen LogP contribution in [-0.2, 0) is 11.3 Å². The molecule has 0 saturated carbocycles. The number of alkyl halides is 1. The summed E-state index contributed by atoms with van der Waals surface area (Å²) in [5.41, 5.74) is 0.416. The Bertz CT molecular complexity index is 616. The van der Waals surface area contributed by atoms with E-state index in [-0.39, 0.29) is 17.5 Å². The van der Waals surface area contributed by atoms with Gasteiger partial charge in [-0.3, -0.25) is 14.9 Å². The number of hydrogen-bond donors (Lipinski definition) is 0. The summed E-state index contributed by atoms with van der Waals surface area (Å²) < 4.78 is 0. The number of rotatable bonds is 5. The van der Waals surface area contributed by atoms with Gasteiger partial charge in [-0.2, -0.15) is 0 Å². The van der Waals surface area contributed by atoms with Crippen LogP contribution < -0.4 is 4.90 Å². The Balaban J connectivity index is 2.33. The van der Waals surface area contributed by atoms with Gasteiger partial charge in [0.05, 0.1) is 17.2 Å². The number of non-ortho nitro benzene ring substituents is 1.